The molecule has 2 fully saturated rings. The van der Waals surface area contributed by atoms with Crippen molar-refractivity contribution >= 4 is 5.96 Å². The number of nitrogens with one attached hydrogen (secondary N) is 2. The van der Waals surface area contributed by atoms with Crippen LogP contribution in [0, 0.1) is 5.92 Å². The van der Waals surface area contributed by atoms with Gasteiger partial charge in [-0.3, -0.25) is 4.99 Å². The molecule has 2 N–H and O–H groups in total. The molecule has 5 nitrogen and oxygen atoms in total. The minimum Gasteiger partial charge on any atom is -0.357 e. The van der Waals surface area contributed by atoms with Crippen LogP contribution in [0.15, 0.2) is 4.99 Å². The Bertz CT molecular complexity index is 360. The number of hydrogen-bond donors (Lipinski definition) is 2. The first-order valence-corrected chi connectivity index (χ1v) is 9.63. The molecular formula is C18H37N5. The molecule has 23 heavy (non-hydrogen) atoms. The minimum absolute atomic E-state index is 0.568. The summed E-state index contributed by atoms with van der Waals surface area (Å²) < 4.78 is 0. The van der Waals surface area contributed by atoms with Crippen molar-refractivity contribution in [3.63, 3.8) is 0 Å². The summed E-state index contributed by atoms with van der Waals surface area (Å²) in [5.41, 5.74) is 0. The summed E-state index contributed by atoms with van der Waals surface area (Å²) >= 11 is 0. The number of aliphatic imine (C=N–C) groups is 1. The first-order valence-electron chi connectivity index (χ1n) is 9.63. The van der Waals surface area contributed by atoms with E-state index in [-0.39, 0.29) is 0 Å². The van der Waals surface area contributed by atoms with E-state index < -0.39 is 0 Å². The van der Waals surface area contributed by atoms with Crippen LogP contribution in [-0.4, -0.2) is 73.7 Å². The van der Waals surface area contributed by atoms with Crippen LogP contribution in [0.5, 0.6) is 0 Å². The van der Waals surface area contributed by atoms with Gasteiger partial charge in [0.2, 0.25) is 0 Å². The lowest BCUT2D eigenvalue weighted by molar-refractivity contribution is 0.167. The molecule has 2 rings (SSSR count). The molecule has 0 amide bonds. The minimum atomic E-state index is 0.568. The number of rotatable bonds is 6. The summed E-state index contributed by atoms with van der Waals surface area (Å²) in [4.78, 5) is 9.97. The molecule has 2 aliphatic rings. The Morgan fingerprint density at radius 2 is 1.87 bits per heavy atom. The average Bonchev–Trinajstić information content (AvgIpc) is 3.01. The Morgan fingerprint density at radius 1 is 1.13 bits per heavy atom. The third-order valence-electron chi connectivity index (χ3n) is 5.27. The zero-order chi connectivity index (χ0) is 16.7. The topological polar surface area (TPSA) is 42.9 Å². The van der Waals surface area contributed by atoms with Crippen LogP contribution in [0.2, 0.25) is 0 Å². The van der Waals surface area contributed by atoms with Crippen LogP contribution in [-0.2, 0) is 0 Å². The summed E-state index contributed by atoms with van der Waals surface area (Å²) in [6.07, 6.45) is 3.73. The van der Waals surface area contributed by atoms with Crippen LogP contribution >= 0.6 is 0 Å². The monoisotopic (exact) mass is 323 g/mol. The van der Waals surface area contributed by atoms with Crippen molar-refractivity contribution in [1.82, 2.24) is 20.4 Å². The number of nitrogens with zero attached hydrogens (tertiary/aromatic N) is 3. The molecule has 5 heteroatoms. The highest BCUT2D eigenvalue weighted by Gasteiger charge is 2.23. The molecule has 0 aromatic heterocycles. The standard InChI is InChI=1S/C18H37N5/c1-5-19-18(20-13-16-7-10-22(6-2)14-16)21-17-8-11-23(12-9-17)15(3)4/h15-17H,5-14H2,1-4H3,(H2,19,20,21). The van der Waals surface area contributed by atoms with E-state index in [0.29, 0.717) is 12.1 Å². The fraction of sp³-hybridized carbons (Fsp3) is 0.944. The van der Waals surface area contributed by atoms with Gasteiger partial charge in [0.1, 0.15) is 0 Å². The number of guanidine groups is 1. The fourth-order valence-electron chi connectivity index (χ4n) is 3.64. The zero-order valence-corrected chi connectivity index (χ0v) is 15.6. The second kappa shape index (κ2) is 9.48. The van der Waals surface area contributed by atoms with E-state index in [9.17, 15) is 0 Å². The van der Waals surface area contributed by atoms with E-state index >= 15 is 0 Å². The van der Waals surface area contributed by atoms with Crippen molar-refractivity contribution in [2.24, 2.45) is 10.9 Å². The molecule has 0 radical (unpaired) electrons. The summed E-state index contributed by atoms with van der Waals surface area (Å²) in [6.45, 7) is 16.9. The van der Waals surface area contributed by atoms with Crippen molar-refractivity contribution in [3.05, 3.63) is 0 Å². The van der Waals surface area contributed by atoms with E-state index in [1.54, 1.807) is 0 Å². The molecule has 0 aliphatic carbocycles. The summed E-state index contributed by atoms with van der Waals surface area (Å²) in [5, 5.41) is 7.09. The third kappa shape index (κ3) is 5.96. The van der Waals surface area contributed by atoms with Gasteiger partial charge in [0.15, 0.2) is 5.96 Å². The lowest BCUT2D eigenvalue weighted by Crippen LogP contribution is -2.50. The predicted octanol–water partition coefficient (Wildman–Crippen LogP) is 1.76. The molecule has 1 unspecified atom stereocenters. The first kappa shape index (κ1) is 18.5. The summed E-state index contributed by atoms with van der Waals surface area (Å²) in [7, 11) is 0. The van der Waals surface area contributed by atoms with Crippen molar-refractivity contribution in [2.45, 2.75) is 59.0 Å². The van der Waals surface area contributed by atoms with Crippen LogP contribution in [0.1, 0.15) is 47.0 Å². The molecule has 0 aromatic rings. The highest BCUT2D eigenvalue weighted by Crippen LogP contribution is 2.16. The second-order valence-corrected chi connectivity index (χ2v) is 7.32. The SMILES string of the molecule is CCNC(=NCC1CCN(CC)C1)NC1CCN(C(C)C)CC1. The third-order valence-corrected chi connectivity index (χ3v) is 5.27. The molecule has 2 aliphatic heterocycles. The zero-order valence-electron chi connectivity index (χ0n) is 15.6. The number of hydrogen-bond acceptors (Lipinski definition) is 3. The largest absolute Gasteiger partial charge is 0.357 e. The van der Waals surface area contributed by atoms with Crippen molar-refractivity contribution < 1.29 is 0 Å². The van der Waals surface area contributed by atoms with Crippen molar-refractivity contribution in [3.8, 4) is 0 Å². The molecule has 0 spiro atoms. The van der Waals surface area contributed by atoms with Gasteiger partial charge < -0.3 is 20.4 Å². The van der Waals surface area contributed by atoms with E-state index in [1.165, 1.54) is 52.0 Å². The van der Waals surface area contributed by atoms with Crippen LogP contribution in [0.25, 0.3) is 0 Å². The van der Waals surface area contributed by atoms with E-state index in [0.717, 1.165) is 25.0 Å². The van der Waals surface area contributed by atoms with Gasteiger partial charge in [-0.1, -0.05) is 6.92 Å². The Kier molecular flexibility index (Phi) is 7.63. The highest BCUT2D eigenvalue weighted by molar-refractivity contribution is 5.80. The maximum atomic E-state index is 4.87. The van der Waals surface area contributed by atoms with E-state index in [1.807, 2.05) is 0 Å². The Balaban J connectivity index is 1.78. The summed E-state index contributed by atoms with van der Waals surface area (Å²) in [6, 6.07) is 1.24. The van der Waals surface area contributed by atoms with Gasteiger partial charge >= 0.3 is 0 Å². The lowest BCUT2D eigenvalue weighted by Gasteiger charge is -2.35. The van der Waals surface area contributed by atoms with Gasteiger partial charge in [-0.2, -0.15) is 0 Å². The fourth-order valence-corrected chi connectivity index (χ4v) is 3.64. The number of piperidine rings is 1. The van der Waals surface area contributed by atoms with E-state index in [4.69, 9.17) is 4.99 Å². The maximum absolute atomic E-state index is 4.87. The Hall–Kier alpha value is -0.810. The first-order chi connectivity index (χ1) is 11.1. The van der Waals surface area contributed by atoms with Gasteiger partial charge in [0.25, 0.3) is 0 Å². The Labute approximate surface area is 142 Å². The smallest absolute Gasteiger partial charge is 0.191 e. The van der Waals surface area contributed by atoms with Crippen LogP contribution in [0.4, 0.5) is 0 Å². The second-order valence-electron chi connectivity index (χ2n) is 7.32. The summed E-state index contributed by atoms with van der Waals surface area (Å²) in [5.74, 6) is 1.75. The molecule has 2 heterocycles. The molecule has 2 saturated heterocycles. The molecule has 0 aromatic carbocycles. The van der Waals surface area contributed by atoms with Crippen LogP contribution < -0.4 is 10.6 Å². The number of likely N-dealkylation sites (tertiary alicyclic amines) is 2. The average molecular weight is 324 g/mol. The highest BCUT2D eigenvalue weighted by atomic mass is 15.2. The van der Waals surface area contributed by atoms with Gasteiger partial charge in [-0.25, -0.2) is 0 Å². The predicted molar refractivity (Wildman–Crippen MR) is 99.1 cm³/mol. The quantitative estimate of drug-likeness (QED) is 0.577. The van der Waals surface area contributed by atoms with Gasteiger partial charge in [-0.15, -0.1) is 0 Å². The lowest BCUT2D eigenvalue weighted by atomic mass is 10.0. The van der Waals surface area contributed by atoms with Crippen molar-refractivity contribution in [2.75, 3.05) is 45.8 Å². The molecule has 0 saturated carbocycles. The van der Waals surface area contributed by atoms with Gasteiger partial charge in [-0.05, 0) is 59.0 Å². The maximum Gasteiger partial charge on any atom is 0.191 e. The van der Waals surface area contributed by atoms with Crippen molar-refractivity contribution in [1.29, 1.82) is 0 Å². The van der Waals surface area contributed by atoms with Gasteiger partial charge in [0.05, 0.1) is 0 Å². The van der Waals surface area contributed by atoms with Crippen LogP contribution in [0.3, 0.4) is 0 Å². The molecule has 0 bridgehead atoms. The van der Waals surface area contributed by atoms with Gasteiger partial charge in [0, 0.05) is 44.8 Å². The molecule has 134 valence electrons. The molecular weight excluding hydrogens is 286 g/mol. The van der Waals surface area contributed by atoms with E-state index in [2.05, 4.69) is 48.1 Å². The normalized spacial score (nSPS) is 25.3. The molecule has 1 atom stereocenters. The Morgan fingerprint density at radius 3 is 2.43 bits per heavy atom.